The molecule has 0 amide bonds. The van der Waals surface area contributed by atoms with E-state index in [2.05, 4.69) is 31.9 Å². The SMILES string of the molecule is COc1ccc(-c2nn(C)c(CN)c2C)c(C)c1C. The Kier molecular flexibility index (Phi) is 3.62. The van der Waals surface area contributed by atoms with E-state index in [4.69, 9.17) is 10.5 Å². The zero-order chi connectivity index (χ0) is 14.2. The van der Waals surface area contributed by atoms with Gasteiger partial charge in [0.1, 0.15) is 5.75 Å². The molecule has 2 N–H and O–H groups in total. The lowest BCUT2D eigenvalue weighted by Gasteiger charge is -2.11. The Morgan fingerprint density at radius 1 is 1.16 bits per heavy atom. The molecule has 0 spiro atoms. The molecular weight excluding hydrogens is 238 g/mol. The fraction of sp³-hybridized carbons (Fsp3) is 0.400. The first kappa shape index (κ1) is 13.6. The van der Waals surface area contributed by atoms with E-state index in [1.54, 1.807) is 7.11 Å². The standard InChI is InChI=1S/C15H21N3O/c1-9-10(2)14(19-5)7-6-12(9)15-11(3)13(8-16)18(4)17-15/h6-7H,8,16H2,1-5H3. The van der Waals surface area contributed by atoms with Gasteiger partial charge in [-0.1, -0.05) is 0 Å². The minimum Gasteiger partial charge on any atom is -0.496 e. The molecule has 0 atom stereocenters. The maximum Gasteiger partial charge on any atom is 0.122 e. The lowest BCUT2D eigenvalue weighted by molar-refractivity contribution is 0.411. The van der Waals surface area contributed by atoms with Crippen molar-refractivity contribution in [1.29, 1.82) is 0 Å². The normalized spacial score (nSPS) is 10.8. The van der Waals surface area contributed by atoms with Gasteiger partial charge < -0.3 is 10.5 Å². The summed E-state index contributed by atoms with van der Waals surface area (Å²) in [5.74, 6) is 0.911. The molecule has 1 aromatic carbocycles. The van der Waals surface area contributed by atoms with Crippen molar-refractivity contribution in [1.82, 2.24) is 9.78 Å². The molecule has 0 aliphatic heterocycles. The molecular formula is C15H21N3O. The summed E-state index contributed by atoms with van der Waals surface area (Å²) in [4.78, 5) is 0. The van der Waals surface area contributed by atoms with Crippen LogP contribution in [0.3, 0.4) is 0 Å². The predicted molar refractivity (Wildman–Crippen MR) is 77.3 cm³/mol. The number of ether oxygens (including phenoxy) is 1. The van der Waals surface area contributed by atoms with Crippen molar-refractivity contribution in [2.75, 3.05) is 7.11 Å². The number of methoxy groups -OCH3 is 1. The summed E-state index contributed by atoms with van der Waals surface area (Å²) in [5.41, 5.74) is 12.5. The van der Waals surface area contributed by atoms with Gasteiger partial charge in [-0.15, -0.1) is 0 Å². The number of nitrogens with zero attached hydrogens (tertiary/aromatic N) is 2. The van der Waals surface area contributed by atoms with Crippen LogP contribution in [0, 0.1) is 20.8 Å². The molecule has 4 nitrogen and oxygen atoms in total. The first-order valence-corrected chi connectivity index (χ1v) is 6.38. The van der Waals surface area contributed by atoms with Crippen LogP contribution in [-0.2, 0) is 13.6 Å². The highest BCUT2D eigenvalue weighted by molar-refractivity contribution is 5.70. The Hall–Kier alpha value is -1.81. The van der Waals surface area contributed by atoms with Gasteiger partial charge >= 0.3 is 0 Å². The first-order chi connectivity index (χ1) is 9.01. The summed E-state index contributed by atoms with van der Waals surface area (Å²) in [7, 11) is 3.63. The van der Waals surface area contributed by atoms with Gasteiger partial charge in [0.05, 0.1) is 18.5 Å². The van der Waals surface area contributed by atoms with Crippen molar-refractivity contribution in [3.63, 3.8) is 0 Å². The number of benzene rings is 1. The van der Waals surface area contributed by atoms with E-state index in [1.807, 2.05) is 17.8 Å². The molecule has 0 bridgehead atoms. The Bertz CT molecular complexity index is 614. The summed E-state index contributed by atoms with van der Waals surface area (Å²) in [6, 6.07) is 4.06. The molecule has 0 aliphatic rings. The fourth-order valence-electron chi connectivity index (χ4n) is 2.48. The quantitative estimate of drug-likeness (QED) is 0.921. The van der Waals surface area contributed by atoms with E-state index in [-0.39, 0.29) is 0 Å². The van der Waals surface area contributed by atoms with Crippen LogP contribution < -0.4 is 10.5 Å². The molecule has 2 rings (SSSR count). The lowest BCUT2D eigenvalue weighted by Crippen LogP contribution is -2.05. The Morgan fingerprint density at radius 2 is 1.84 bits per heavy atom. The lowest BCUT2D eigenvalue weighted by atomic mass is 9.97. The zero-order valence-corrected chi connectivity index (χ0v) is 12.2. The molecule has 1 heterocycles. The van der Waals surface area contributed by atoms with Crippen LogP contribution >= 0.6 is 0 Å². The van der Waals surface area contributed by atoms with Gasteiger partial charge in [-0.05, 0) is 49.6 Å². The summed E-state index contributed by atoms with van der Waals surface area (Å²) < 4.78 is 7.22. The van der Waals surface area contributed by atoms with Crippen LogP contribution in [0.15, 0.2) is 12.1 Å². The largest absolute Gasteiger partial charge is 0.496 e. The van der Waals surface area contributed by atoms with Crippen molar-refractivity contribution >= 4 is 0 Å². The van der Waals surface area contributed by atoms with Gasteiger partial charge in [0.2, 0.25) is 0 Å². The van der Waals surface area contributed by atoms with Crippen LogP contribution in [-0.4, -0.2) is 16.9 Å². The van der Waals surface area contributed by atoms with Crippen molar-refractivity contribution in [2.45, 2.75) is 27.3 Å². The van der Waals surface area contributed by atoms with Crippen LogP contribution in [0.4, 0.5) is 0 Å². The molecule has 0 fully saturated rings. The summed E-state index contributed by atoms with van der Waals surface area (Å²) >= 11 is 0. The minimum atomic E-state index is 0.503. The van der Waals surface area contributed by atoms with Gasteiger partial charge in [-0.3, -0.25) is 4.68 Å². The third kappa shape index (κ3) is 2.12. The van der Waals surface area contributed by atoms with Crippen molar-refractivity contribution in [2.24, 2.45) is 12.8 Å². The second-order valence-corrected chi connectivity index (χ2v) is 4.81. The molecule has 0 saturated heterocycles. The highest BCUT2D eigenvalue weighted by Gasteiger charge is 2.16. The average Bonchev–Trinajstić information content (AvgIpc) is 2.67. The Balaban J connectivity index is 2.63. The minimum absolute atomic E-state index is 0.503. The molecule has 19 heavy (non-hydrogen) atoms. The van der Waals surface area contributed by atoms with Crippen molar-refractivity contribution in [3.8, 4) is 17.0 Å². The van der Waals surface area contributed by atoms with Gasteiger partial charge in [0.25, 0.3) is 0 Å². The maximum absolute atomic E-state index is 5.78. The molecule has 0 unspecified atom stereocenters. The first-order valence-electron chi connectivity index (χ1n) is 6.38. The van der Waals surface area contributed by atoms with E-state index >= 15 is 0 Å². The van der Waals surface area contributed by atoms with Gasteiger partial charge in [0, 0.05) is 19.2 Å². The van der Waals surface area contributed by atoms with Crippen LogP contribution in [0.5, 0.6) is 5.75 Å². The van der Waals surface area contributed by atoms with E-state index in [1.165, 1.54) is 5.56 Å². The summed E-state index contributed by atoms with van der Waals surface area (Å²) in [6.07, 6.45) is 0. The second-order valence-electron chi connectivity index (χ2n) is 4.81. The third-order valence-corrected chi connectivity index (χ3v) is 3.83. The molecule has 0 saturated carbocycles. The van der Waals surface area contributed by atoms with Crippen LogP contribution in [0.1, 0.15) is 22.4 Å². The average molecular weight is 259 g/mol. The highest BCUT2D eigenvalue weighted by atomic mass is 16.5. The zero-order valence-electron chi connectivity index (χ0n) is 12.2. The Labute approximate surface area is 114 Å². The van der Waals surface area contributed by atoms with E-state index in [9.17, 15) is 0 Å². The second kappa shape index (κ2) is 5.05. The van der Waals surface area contributed by atoms with E-state index < -0.39 is 0 Å². The predicted octanol–water partition coefficient (Wildman–Crippen LogP) is 2.48. The summed E-state index contributed by atoms with van der Waals surface area (Å²) in [5, 5.41) is 4.60. The molecule has 4 heteroatoms. The van der Waals surface area contributed by atoms with E-state index in [0.717, 1.165) is 33.8 Å². The maximum atomic E-state index is 5.78. The molecule has 2 aromatic rings. The van der Waals surface area contributed by atoms with Crippen LogP contribution in [0.25, 0.3) is 11.3 Å². The van der Waals surface area contributed by atoms with Gasteiger partial charge in [0.15, 0.2) is 0 Å². The fourth-order valence-corrected chi connectivity index (χ4v) is 2.48. The van der Waals surface area contributed by atoms with Gasteiger partial charge in [-0.25, -0.2) is 0 Å². The van der Waals surface area contributed by atoms with Gasteiger partial charge in [-0.2, -0.15) is 5.10 Å². The number of rotatable bonds is 3. The number of hydrogen-bond donors (Lipinski definition) is 1. The number of nitrogens with two attached hydrogens (primary N) is 1. The number of aromatic nitrogens is 2. The highest BCUT2D eigenvalue weighted by Crippen LogP contribution is 2.32. The van der Waals surface area contributed by atoms with Crippen LogP contribution in [0.2, 0.25) is 0 Å². The number of hydrogen-bond acceptors (Lipinski definition) is 3. The molecule has 0 aliphatic carbocycles. The topological polar surface area (TPSA) is 53.1 Å². The molecule has 0 radical (unpaired) electrons. The van der Waals surface area contributed by atoms with Crippen molar-refractivity contribution in [3.05, 3.63) is 34.5 Å². The summed E-state index contributed by atoms with van der Waals surface area (Å²) in [6.45, 7) is 6.75. The third-order valence-electron chi connectivity index (χ3n) is 3.83. The monoisotopic (exact) mass is 259 g/mol. The Morgan fingerprint density at radius 3 is 2.37 bits per heavy atom. The molecule has 102 valence electrons. The molecule has 1 aromatic heterocycles. The smallest absolute Gasteiger partial charge is 0.122 e. The van der Waals surface area contributed by atoms with Crippen molar-refractivity contribution < 1.29 is 4.74 Å². The number of aryl methyl sites for hydroxylation is 1. The van der Waals surface area contributed by atoms with E-state index in [0.29, 0.717) is 6.54 Å².